The van der Waals surface area contributed by atoms with Gasteiger partial charge in [-0.3, -0.25) is 4.79 Å². The second-order valence-electron chi connectivity index (χ2n) is 4.52. The number of phenolic OH excluding ortho intramolecular Hbond substituents is 1. The molecule has 5 nitrogen and oxygen atoms in total. The molecule has 0 aliphatic rings. The van der Waals surface area contributed by atoms with Crippen LogP contribution in [0, 0.1) is 0 Å². The number of hydrogen-bond donors (Lipinski definition) is 1. The Labute approximate surface area is 123 Å². The maximum atomic E-state index is 12.1. The molecule has 1 N–H and O–H groups in total. The zero-order valence-electron chi connectivity index (χ0n) is 12.0. The third-order valence-corrected chi connectivity index (χ3v) is 3.15. The molecular weight excluding hydrogens is 270 g/mol. The number of rotatable bonds is 6. The highest BCUT2D eigenvalue weighted by molar-refractivity contribution is 5.98. The van der Waals surface area contributed by atoms with Crippen LogP contribution in [0.15, 0.2) is 36.5 Å². The van der Waals surface area contributed by atoms with Gasteiger partial charge >= 0.3 is 0 Å². The van der Waals surface area contributed by atoms with E-state index in [1.54, 1.807) is 31.5 Å². The number of aromatic nitrogens is 1. The first-order chi connectivity index (χ1) is 10.1. The molecule has 2 aromatic rings. The highest BCUT2D eigenvalue weighted by Gasteiger charge is 2.12. The number of carbonyl (C=O) groups is 1. The van der Waals surface area contributed by atoms with Gasteiger partial charge in [0.15, 0.2) is 5.78 Å². The summed E-state index contributed by atoms with van der Waals surface area (Å²) in [5.41, 5.74) is 1.24. The topological polar surface area (TPSA) is 68.7 Å². The van der Waals surface area contributed by atoms with Crippen molar-refractivity contribution in [1.82, 2.24) is 4.98 Å². The molecule has 0 aliphatic carbocycles. The average Bonchev–Trinajstić information content (AvgIpc) is 2.52. The summed E-state index contributed by atoms with van der Waals surface area (Å²) >= 11 is 0. The van der Waals surface area contributed by atoms with E-state index in [9.17, 15) is 9.90 Å². The second kappa shape index (κ2) is 6.74. The highest BCUT2D eigenvalue weighted by atomic mass is 16.5. The lowest BCUT2D eigenvalue weighted by molar-refractivity contribution is 0.0980. The molecule has 0 fully saturated rings. The number of aromatic hydroxyl groups is 1. The van der Waals surface area contributed by atoms with Crippen molar-refractivity contribution in [2.75, 3.05) is 14.2 Å². The zero-order chi connectivity index (χ0) is 15.2. The number of carbonyl (C=O) groups excluding carboxylic acids is 1. The van der Waals surface area contributed by atoms with Crippen molar-refractivity contribution in [2.24, 2.45) is 0 Å². The van der Waals surface area contributed by atoms with Gasteiger partial charge in [-0.2, -0.15) is 0 Å². The minimum atomic E-state index is -0.119. The number of Topliss-reactive ketones (excluding diaryl/α,β-unsaturated/α-hetero) is 1. The van der Waals surface area contributed by atoms with Crippen molar-refractivity contribution in [3.8, 4) is 17.4 Å². The molecule has 0 saturated carbocycles. The van der Waals surface area contributed by atoms with Crippen molar-refractivity contribution < 1.29 is 19.4 Å². The van der Waals surface area contributed by atoms with Gasteiger partial charge in [0.05, 0.1) is 19.8 Å². The second-order valence-corrected chi connectivity index (χ2v) is 4.52. The first-order valence-electron chi connectivity index (χ1n) is 6.53. The molecule has 0 unspecified atom stereocenters. The van der Waals surface area contributed by atoms with Gasteiger partial charge in [0.25, 0.3) is 0 Å². The zero-order valence-corrected chi connectivity index (χ0v) is 12.0. The number of aryl methyl sites for hydroxylation is 1. The molecular formula is C16H17NO4. The van der Waals surface area contributed by atoms with E-state index in [1.807, 2.05) is 6.07 Å². The fourth-order valence-electron chi connectivity index (χ4n) is 1.95. The third-order valence-electron chi connectivity index (χ3n) is 3.15. The van der Waals surface area contributed by atoms with E-state index < -0.39 is 0 Å². The Hall–Kier alpha value is -2.56. The maximum absolute atomic E-state index is 12.1. The van der Waals surface area contributed by atoms with E-state index in [-0.39, 0.29) is 11.5 Å². The smallest absolute Gasteiger partial charge is 0.212 e. The summed E-state index contributed by atoms with van der Waals surface area (Å²) < 4.78 is 9.97. The molecule has 110 valence electrons. The van der Waals surface area contributed by atoms with E-state index in [4.69, 9.17) is 9.47 Å². The maximum Gasteiger partial charge on any atom is 0.212 e. The molecule has 21 heavy (non-hydrogen) atoms. The number of benzene rings is 1. The minimum absolute atomic E-state index is 0.0628. The summed E-state index contributed by atoms with van der Waals surface area (Å²) in [6.07, 6.45) is 2.54. The van der Waals surface area contributed by atoms with Crippen LogP contribution in [0.25, 0.3) is 0 Å². The van der Waals surface area contributed by atoms with E-state index in [0.29, 0.717) is 30.0 Å². The van der Waals surface area contributed by atoms with Crippen molar-refractivity contribution in [2.45, 2.75) is 12.8 Å². The van der Waals surface area contributed by atoms with E-state index in [2.05, 4.69) is 4.98 Å². The SMILES string of the molecule is COc1ccc(C(=O)CCc2ccc(OC)nc2)c(O)c1. The first-order valence-corrected chi connectivity index (χ1v) is 6.53. The Morgan fingerprint density at radius 1 is 1.19 bits per heavy atom. The molecule has 0 aliphatic heterocycles. The van der Waals surface area contributed by atoms with Crippen LogP contribution in [0.3, 0.4) is 0 Å². The van der Waals surface area contributed by atoms with Crippen LogP contribution in [-0.2, 0) is 6.42 Å². The molecule has 1 heterocycles. The molecule has 0 atom stereocenters. The third kappa shape index (κ3) is 3.72. The van der Waals surface area contributed by atoms with Crippen LogP contribution in [0.2, 0.25) is 0 Å². The van der Waals surface area contributed by atoms with E-state index >= 15 is 0 Å². The minimum Gasteiger partial charge on any atom is -0.507 e. The molecule has 2 rings (SSSR count). The molecule has 1 aromatic heterocycles. The van der Waals surface area contributed by atoms with Gasteiger partial charge in [0.2, 0.25) is 5.88 Å². The number of nitrogens with zero attached hydrogens (tertiary/aromatic N) is 1. The summed E-state index contributed by atoms with van der Waals surface area (Å²) in [6, 6.07) is 8.28. The molecule has 0 bridgehead atoms. The lowest BCUT2D eigenvalue weighted by atomic mass is 10.0. The van der Waals surface area contributed by atoms with Gasteiger partial charge in [0.1, 0.15) is 11.5 Å². The summed E-state index contributed by atoms with van der Waals surface area (Å²) in [5, 5.41) is 9.83. The fourth-order valence-corrected chi connectivity index (χ4v) is 1.95. The number of phenols is 1. The molecule has 0 saturated heterocycles. The van der Waals surface area contributed by atoms with Gasteiger partial charge in [-0.25, -0.2) is 4.98 Å². The van der Waals surface area contributed by atoms with Gasteiger partial charge in [-0.15, -0.1) is 0 Å². The van der Waals surface area contributed by atoms with Crippen LogP contribution in [0.1, 0.15) is 22.3 Å². The number of pyridine rings is 1. The summed E-state index contributed by atoms with van der Waals surface area (Å²) in [5.74, 6) is 0.874. The number of methoxy groups -OCH3 is 2. The average molecular weight is 287 g/mol. The Bertz CT molecular complexity index is 623. The van der Waals surface area contributed by atoms with Gasteiger partial charge < -0.3 is 14.6 Å². The van der Waals surface area contributed by atoms with Crippen molar-refractivity contribution >= 4 is 5.78 Å². The van der Waals surface area contributed by atoms with Gasteiger partial charge in [-0.05, 0) is 24.1 Å². The summed E-state index contributed by atoms with van der Waals surface area (Å²) in [6.45, 7) is 0. The lowest BCUT2D eigenvalue weighted by Gasteiger charge is -2.06. The normalized spacial score (nSPS) is 10.2. The Morgan fingerprint density at radius 3 is 2.57 bits per heavy atom. The van der Waals surface area contributed by atoms with Gasteiger partial charge in [-0.1, -0.05) is 6.07 Å². The molecule has 0 spiro atoms. The van der Waals surface area contributed by atoms with Crippen molar-refractivity contribution in [3.05, 3.63) is 47.7 Å². The van der Waals surface area contributed by atoms with Crippen LogP contribution in [-0.4, -0.2) is 30.1 Å². The van der Waals surface area contributed by atoms with Crippen LogP contribution >= 0.6 is 0 Å². The largest absolute Gasteiger partial charge is 0.507 e. The molecule has 5 heteroatoms. The monoisotopic (exact) mass is 287 g/mol. The number of ketones is 1. The highest BCUT2D eigenvalue weighted by Crippen LogP contribution is 2.24. The Balaban J connectivity index is 2.00. The Morgan fingerprint density at radius 2 is 2.00 bits per heavy atom. The fraction of sp³-hybridized carbons (Fsp3) is 0.250. The number of hydrogen-bond acceptors (Lipinski definition) is 5. The summed E-state index contributed by atoms with van der Waals surface area (Å²) in [4.78, 5) is 16.2. The Kier molecular flexibility index (Phi) is 4.77. The van der Waals surface area contributed by atoms with Crippen LogP contribution in [0.4, 0.5) is 0 Å². The van der Waals surface area contributed by atoms with Crippen molar-refractivity contribution in [3.63, 3.8) is 0 Å². The first kappa shape index (κ1) is 14.8. The van der Waals surface area contributed by atoms with E-state index in [1.165, 1.54) is 13.2 Å². The number of ether oxygens (including phenoxy) is 2. The predicted octanol–water partition coefficient (Wildman–Crippen LogP) is 2.62. The molecule has 1 aromatic carbocycles. The summed E-state index contributed by atoms with van der Waals surface area (Å²) in [7, 11) is 3.06. The lowest BCUT2D eigenvalue weighted by Crippen LogP contribution is -2.02. The van der Waals surface area contributed by atoms with Gasteiger partial charge in [0, 0.05) is 24.8 Å². The standard InChI is InChI=1S/C16H17NO4/c1-20-12-5-6-13(15(19)9-12)14(18)7-3-11-4-8-16(21-2)17-10-11/h4-6,8-10,19H,3,7H2,1-2H3. The van der Waals surface area contributed by atoms with Crippen molar-refractivity contribution in [1.29, 1.82) is 0 Å². The quantitative estimate of drug-likeness (QED) is 0.827. The molecule has 0 radical (unpaired) electrons. The predicted molar refractivity (Wildman–Crippen MR) is 78.1 cm³/mol. The van der Waals surface area contributed by atoms with Crippen LogP contribution < -0.4 is 9.47 Å². The van der Waals surface area contributed by atoms with E-state index in [0.717, 1.165) is 5.56 Å². The molecule has 0 amide bonds. The van der Waals surface area contributed by atoms with Crippen LogP contribution in [0.5, 0.6) is 17.4 Å².